The highest BCUT2D eigenvalue weighted by molar-refractivity contribution is 5.69. The number of carbonyl (C=O) groups excluding carboxylic acids is 1. The molecule has 0 spiro atoms. The fraction of sp³-hybridized carbons (Fsp3) is 0.923. The van der Waals surface area contributed by atoms with Crippen LogP contribution in [0, 0.1) is 0 Å². The zero-order valence-electron chi connectivity index (χ0n) is 11.1. The molecule has 1 saturated heterocycles. The third-order valence-corrected chi connectivity index (χ3v) is 3.35. The van der Waals surface area contributed by atoms with Gasteiger partial charge in [-0.1, -0.05) is 12.8 Å². The molecule has 0 aromatic heterocycles. The minimum atomic E-state index is -0.141. The van der Waals surface area contributed by atoms with E-state index in [2.05, 4.69) is 22.3 Å². The second kappa shape index (κ2) is 8.48. The summed E-state index contributed by atoms with van der Waals surface area (Å²) >= 11 is 0. The maximum absolute atomic E-state index is 11.0. The van der Waals surface area contributed by atoms with Gasteiger partial charge in [-0.2, -0.15) is 0 Å². The number of rotatable bonds is 6. The van der Waals surface area contributed by atoms with Crippen LogP contribution in [0.3, 0.4) is 0 Å². The number of methoxy groups -OCH3 is 1. The van der Waals surface area contributed by atoms with Gasteiger partial charge in [-0.3, -0.25) is 4.79 Å². The highest BCUT2D eigenvalue weighted by Gasteiger charge is 2.14. The molecule has 4 nitrogen and oxygen atoms in total. The van der Waals surface area contributed by atoms with Gasteiger partial charge in [-0.05, 0) is 32.7 Å². The van der Waals surface area contributed by atoms with Gasteiger partial charge in [-0.25, -0.2) is 0 Å². The molecular weight excluding hydrogens is 216 g/mol. The van der Waals surface area contributed by atoms with Crippen molar-refractivity contribution >= 4 is 5.97 Å². The molecule has 1 aliphatic heterocycles. The first-order valence-electron chi connectivity index (χ1n) is 6.76. The second-order valence-corrected chi connectivity index (χ2v) is 4.92. The van der Waals surface area contributed by atoms with Gasteiger partial charge in [0.15, 0.2) is 0 Å². The van der Waals surface area contributed by atoms with Crippen LogP contribution in [0.5, 0.6) is 0 Å². The zero-order chi connectivity index (χ0) is 12.5. The van der Waals surface area contributed by atoms with E-state index in [0.717, 1.165) is 13.0 Å². The van der Waals surface area contributed by atoms with Crippen molar-refractivity contribution in [3.63, 3.8) is 0 Å². The lowest BCUT2D eigenvalue weighted by Crippen LogP contribution is -2.37. The van der Waals surface area contributed by atoms with Crippen LogP contribution in [0.15, 0.2) is 0 Å². The third-order valence-electron chi connectivity index (χ3n) is 3.35. The molecular formula is C13H26N2O2. The lowest BCUT2D eigenvalue weighted by molar-refractivity contribution is -0.140. The monoisotopic (exact) mass is 242 g/mol. The molecule has 2 N–H and O–H groups in total. The van der Waals surface area contributed by atoms with Crippen LogP contribution in [0.2, 0.25) is 0 Å². The molecule has 0 saturated carbocycles. The molecule has 0 aromatic rings. The summed E-state index contributed by atoms with van der Waals surface area (Å²) in [6.07, 6.45) is 6.88. The topological polar surface area (TPSA) is 50.4 Å². The van der Waals surface area contributed by atoms with Gasteiger partial charge in [0, 0.05) is 18.6 Å². The predicted molar refractivity (Wildman–Crippen MR) is 69.0 cm³/mol. The van der Waals surface area contributed by atoms with Gasteiger partial charge in [0.2, 0.25) is 0 Å². The van der Waals surface area contributed by atoms with Gasteiger partial charge in [0.25, 0.3) is 0 Å². The molecule has 2 atom stereocenters. The smallest absolute Gasteiger partial charge is 0.306 e. The van der Waals surface area contributed by atoms with Crippen LogP contribution in [0.4, 0.5) is 0 Å². The summed E-state index contributed by atoms with van der Waals surface area (Å²) < 4.78 is 4.61. The van der Waals surface area contributed by atoms with Crippen LogP contribution in [0.1, 0.15) is 45.4 Å². The fourth-order valence-electron chi connectivity index (χ4n) is 2.33. The van der Waals surface area contributed by atoms with E-state index in [1.165, 1.54) is 32.8 Å². The average molecular weight is 242 g/mol. The number of hydrogen-bond acceptors (Lipinski definition) is 4. The van der Waals surface area contributed by atoms with Crippen LogP contribution in [-0.2, 0) is 9.53 Å². The van der Waals surface area contributed by atoms with Crippen LogP contribution < -0.4 is 10.6 Å². The van der Waals surface area contributed by atoms with Crippen molar-refractivity contribution in [1.82, 2.24) is 10.6 Å². The van der Waals surface area contributed by atoms with E-state index in [4.69, 9.17) is 0 Å². The highest BCUT2D eigenvalue weighted by atomic mass is 16.5. The summed E-state index contributed by atoms with van der Waals surface area (Å²) in [5.74, 6) is -0.141. The number of carbonyl (C=O) groups is 1. The largest absolute Gasteiger partial charge is 0.469 e. The summed E-state index contributed by atoms with van der Waals surface area (Å²) in [5.41, 5.74) is 0. The van der Waals surface area contributed by atoms with Gasteiger partial charge >= 0.3 is 5.97 Å². The second-order valence-electron chi connectivity index (χ2n) is 4.92. The van der Waals surface area contributed by atoms with Crippen molar-refractivity contribution in [1.29, 1.82) is 0 Å². The number of nitrogens with one attached hydrogen (secondary N) is 2. The summed E-state index contributed by atoms with van der Waals surface area (Å²) in [5, 5.41) is 6.97. The fourth-order valence-corrected chi connectivity index (χ4v) is 2.33. The molecule has 1 heterocycles. The Bertz CT molecular complexity index is 213. The van der Waals surface area contributed by atoms with Gasteiger partial charge in [0.1, 0.15) is 0 Å². The van der Waals surface area contributed by atoms with E-state index < -0.39 is 0 Å². The molecule has 0 bridgehead atoms. The number of hydrogen-bond donors (Lipinski definition) is 2. The van der Waals surface area contributed by atoms with E-state index in [1.54, 1.807) is 0 Å². The van der Waals surface area contributed by atoms with Crippen molar-refractivity contribution in [2.75, 3.05) is 20.2 Å². The van der Waals surface area contributed by atoms with Crippen molar-refractivity contribution < 1.29 is 9.53 Å². The van der Waals surface area contributed by atoms with E-state index in [0.29, 0.717) is 25.0 Å². The van der Waals surface area contributed by atoms with Crippen LogP contribution in [-0.4, -0.2) is 38.3 Å². The normalized spacial score (nSPS) is 22.8. The van der Waals surface area contributed by atoms with Crippen molar-refractivity contribution in [3.8, 4) is 0 Å². The quantitative estimate of drug-likeness (QED) is 0.692. The SMILES string of the molecule is COC(=O)CCNC(C)CC1CCCCCN1. The first kappa shape index (κ1) is 14.5. The predicted octanol–water partition coefficient (Wildman–Crippen LogP) is 1.45. The first-order chi connectivity index (χ1) is 8.22. The molecule has 2 unspecified atom stereocenters. The molecule has 1 rings (SSSR count). The standard InChI is InChI=1S/C13H26N2O2/c1-11(14-9-7-13(16)17-2)10-12-6-4-3-5-8-15-12/h11-12,14-15H,3-10H2,1-2H3. The molecule has 1 fully saturated rings. The molecule has 17 heavy (non-hydrogen) atoms. The van der Waals surface area contributed by atoms with Gasteiger partial charge < -0.3 is 15.4 Å². The van der Waals surface area contributed by atoms with Crippen molar-refractivity contribution in [2.45, 2.75) is 57.5 Å². The Morgan fingerprint density at radius 3 is 3.06 bits per heavy atom. The maximum Gasteiger partial charge on any atom is 0.306 e. The highest BCUT2D eigenvalue weighted by Crippen LogP contribution is 2.12. The average Bonchev–Trinajstić information content (AvgIpc) is 2.57. The minimum absolute atomic E-state index is 0.141. The Labute approximate surface area is 104 Å². The van der Waals surface area contributed by atoms with E-state index in [-0.39, 0.29) is 5.97 Å². The van der Waals surface area contributed by atoms with Crippen LogP contribution in [0.25, 0.3) is 0 Å². The molecule has 4 heteroatoms. The molecule has 0 aromatic carbocycles. The van der Waals surface area contributed by atoms with Gasteiger partial charge in [-0.15, -0.1) is 0 Å². The number of esters is 1. The Balaban J connectivity index is 2.10. The molecule has 1 aliphatic rings. The van der Waals surface area contributed by atoms with Crippen molar-refractivity contribution in [3.05, 3.63) is 0 Å². The summed E-state index contributed by atoms with van der Waals surface area (Å²) in [6.45, 7) is 4.05. The Hall–Kier alpha value is -0.610. The lowest BCUT2D eigenvalue weighted by Gasteiger charge is -2.21. The Morgan fingerprint density at radius 2 is 2.29 bits per heavy atom. The summed E-state index contributed by atoms with van der Waals surface area (Å²) in [7, 11) is 1.43. The molecule has 0 amide bonds. The first-order valence-corrected chi connectivity index (χ1v) is 6.76. The minimum Gasteiger partial charge on any atom is -0.469 e. The zero-order valence-corrected chi connectivity index (χ0v) is 11.1. The molecule has 0 radical (unpaired) electrons. The van der Waals surface area contributed by atoms with E-state index in [9.17, 15) is 4.79 Å². The Kier molecular flexibility index (Phi) is 7.21. The lowest BCUT2D eigenvalue weighted by atomic mass is 10.0. The summed E-state index contributed by atoms with van der Waals surface area (Å²) in [6, 6.07) is 1.09. The van der Waals surface area contributed by atoms with Crippen molar-refractivity contribution in [2.24, 2.45) is 0 Å². The third kappa shape index (κ3) is 6.64. The van der Waals surface area contributed by atoms with E-state index >= 15 is 0 Å². The summed E-state index contributed by atoms with van der Waals surface area (Å²) in [4.78, 5) is 11.0. The van der Waals surface area contributed by atoms with Crippen LogP contribution >= 0.6 is 0 Å². The van der Waals surface area contributed by atoms with Gasteiger partial charge in [0.05, 0.1) is 13.5 Å². The Morgan fingerprint density at radius 1 is 1.47 bits per heavy atom. The molecule has 0 aliphatic carbocycles. The molecule has 100 valence electrons. The number of ether oxygens (including phenoxy) is 1. The maximum atomic E-state index is 11.0. The van der Waals surface area contributed by atoms with E-state index in [1.807, 2.05) is 0 Å².